The molecule has 2 N–H and O–H groups in total. The van der Waals surface area contributed by atoms with Crippen LogP contribution in [-0.2, 0) is 0 Å². The van der Waals surface area contributed by atoms with E-state index in [2.05, 4.69) is 10.6 Å². The molecule has 19 heavy (non-hydrogen) atoms. The summed E-state index contributed by atoms with van der Waals surface area (Å²) in [7, 11) is 0. The standard InChI is InChI=1S/C13H16FIN2O.ClH/c14-9-3-4-11(12(15)8-9)13(18)17-7-5-10-2-1-6-16-10;/h3-4,8,10,16H,1-2,5-7H2,(H,17,18);1H/t10-;/m1./s1. The Morgan fingerprint density at radius 1 is 1.53 bits per heavy atom. The molecule has 0 bridgehead atoms. The van der Waals surface area contributed by atoms with E-state index in [4.69, 9.17) is 0 Å². The monoisotopic (exact) mass is 398 g/mol. The molecule has 3 nitrogen and oxygen atoms in total. The lowest BCUT2D eigenvalue weighted by molar-refractivity contribution is 0.0951. The Morgan fingerprint density at radius 2 is 2.32 bits per heavy atom. The second-order valence-corrected chi connectivity index (χ2v) is 5.62. The van der Waals surface area contributed by atoms with E-state index in [9.17, 15) is 9.18 Å². The number of carbonyl (C=O) groups excluding carboxylic acids is 1. The third-order valence-corrected chi connectivity index (χ3v) is 4.01. The smallest absolute Gasteiger partial charge is 0.252 e. The van der Waals surface area contributed by atoms with Crippen LogP contribution < -0.4 is 10.6 Å². The van der Waals surface area contributed by atoms with E-state index in [1.165, 1.54) is 31.0 Å². The molecular weight excluding hydrogens is 382 g/mol. The summed E-state index contributed by atoms with van der Waals surface area (Å²) in [6.45, 7) is 1.73. The van der Waals surface area contributed by atoms with Gasteiger partial charge in [-0.3, -0.25) is 4.79 Å². The van der Waals surface area contributed by atoms with Gasteiger partial charge in [0.1, 0.15) is 5.82 Å². The molecule has 1 saturated heterocycles. The number of benzene rings is 1. The molecule has 1 aromatic carbocycles. The van der Waals surface area contributed by atoms with Crippen molar-refractivity contribution in [3.05, 3.63) is 33.1 Å². The van der Waals surface area contributed by atoms with Gasteiger partial charge in [0.05, 0.1) is 5.56 Å². The van der Waals surface area contributed by atoms with Gasteiger partial charge in [-0.1, -0.05) is 0 Å². The molecule has 1 atom stereocenters. The van der Waals surface area contributed by atoms with Crippen molar-refractivity contribution >= 4 is 40.9 Å². The van der Waals surface area contributed by atoms with E-state index in [-0.39, 0.29) is 24.1 Å². The van der Waals surface area contributed by atoms with Gasteiger partial charge in [0.15, 0.2) is 0 Å². The van der Waals surface area contributed by atoms with Gasteiger partial charge in [-0.05, 0) is 66.6 Å². The molecule has 2 rings (SSSR count). The third kappa shape index (κ3) is 4.89. The first-order valence-corrected chi connectivity index (χ1v) is 7.21. The maximum absolute atomic E-state index is 12.9. The molecule has 1 amide bonds. The van der Waals surface area contributed by atoms with Crippen LogP contribution in [-0.4, -0.2) is 25.0 Å². The van der Waals surface area contributed by atoms with Crippen molar-refractivity contribution in [2.24, 2.45) is 0 Å². The minimum absolute atomic E-state index is 0. The van der Waals surface area contributed by atoms with Crippen molar-refractivity contribution in [1.29, 1.82) is 0 Å². The lowest BCUT2D eigenvalue weighted by Gasteiger charge is -2.11. The number of rotatable bonds is 4. The maximum Gasteiger partial charge on any atom is 0.252 e. The second kappa shape index (κ2) is 8.01. The highest BCUT2D eigenvalue weighted by molar-refractivity contribution is 14.1. The fourth-order valence-electron chi connectivity index (χ4n) is 2.13. The van der Waals surface area contributed by atoms with Gasteiger partial charge in [-0.15, -0.1) is 12.4 Å². The van der Waals surface area contributed by atoms with E-state index in [0.29, 0.717) is 21.7 Å². The fraction of sp³-hybridized carbons (Fsp3) is 0.462. The summed E-state index contributed by atoms with van der Waals surface area (Å²) in [4.78, 5) is 11.9. The summed E-state index contributed by atoms with van der Waals surface area (Å²) in [5, 5.41) is 6.27. The Hall–Kier alpha value is -0.400. The van der Waals surface area contributed by atoms with Crippen LogP contribution in [0.3, 0.4) is 0 Å². The molecule has 0 spiro atoms. The lowest BCUT2D eigenvalue weighted by Crippen LogP contribution is -2.30. The number of amides is 1. The second-order valence-electron chi connectivity index (χ2n) is 4.46. The normalized spacial score (nSPS) is 17.9. The Kier molecular flexibility index (Phi) is 7.02. The van der Waals surface area contributed by atoms with Gasteiger partial charge < -0.3 is 10.6 Å². The Bertz CT molecular complexity index is 439. The van der Waals surface area contributed by atoms with E-state index in [0.717, 1.165) is 13.0 Å². The molecule has 0 saturated carbocycles. The van der Waals surface area contributed by atoms with Gasteiger partial charge in [0.25, 0.3) is 5.91 Å². The fourth-order valence-corrected chi connectivity index (χ4v) is 2.85. The molecule has 1 aliphatic heterocycles. The number of hydrogen-bond donors (Lipinski definition) is 2. The van der Waals surface area contributed by atoms with E-state index >= 15 is 0 Å². The molecule has 0 aliphatic carbocycles. The SMILES string of the molecule is Cl.O=C(NCC[C@H]1CCCN1)c1ccc(F)cc1I. The first kappa shape index (κ1) is 16.7. The maximum atomic E-state index is 12.9. The minimum Gasteiger partial charge on any atom is -0.352 e. The molecule has 106 valence electrons. The van der Waals surface area contributed by atoms with Crippen molar-refractivity contribution < 1.29 is 9.18 Å². The lowest BCUT2D eigenvalue weighted by atomic mass is 10.1. The summed E-state index contributed by atoms with van der Waals surface area (Å²) in [5.74, 6) is -0.441. The van der Waals surface area contributed by atoms with Crippen molar-refractivity contribution in [2.45, 2.75) is 25.3 Å². The van der Waals surface area contributed by atoms with Crippen LogP contribution in [0.25, 0.3) is 0 Å². The van der Waals surface area contributed by atoms with Crippen LogP contribution in [0.15, 0.2) is 18.2 Å². The first-order chi connectivity index (χ1) is 8.66. The van der Waals surface area contributed by atoms with E-state index in [1.807, 2.05) is 22.6 Å². The molecule has 0 unspecified atom stereocenters. The first-order valence-electron chi connectivity index (χ1n) is 6.13. The van der Waals surface area contributed by atoms with Crippen molar-refractivity contribution in [3.8, 4) is 0 Å². The average molecular weight is 399 g/mol. The van der Waals surface area contributed by atoms with Crippen molar-refractivity contribution in [2.75, 3.05) is 13.1 Å². The van der Waals surface area contributed by atoms with Gasteiger partial charge in [-0.25, -0.2) is 4.39 Å². The van der Waals surface area contributed by atoms with Crippen molar-refractivity contribution in [1.82, 2.24) is 10.6 Å². The quantitative estimate of drug-likeness (QED) is 0.766. The van der Waals surface area contributed by atoms with Gasteiger partial charge in [-0.2, -0.15) is 0 Å². The zero-order valence-corrected chi connectivity index (χ0v) is 13.4. The van der Waals surface area contributed by atoms with Gasteiger partial charge >= 0.3 is 0 Å². The molecule has 0 radical (unpaired) electrons. The van der Waals surface area contributed by atoms with Crippen LogP contribution in [0.1, 0.15) is 29.6 Å². The summed E-state index contributed by atoms with van der Waals surface area (Å²) >= 11 is 1.98. The Labute approximate surface area is 132 Å². The van der Waals surface area contributed by atoms with Gasteiger partial charge in [0, 0.05) is 16.2 Å². The Balaban J connectivity index is 0.00000180. The van der Waals surface area contributed by atoms with Crippen LogP contribution in [0.4, 0.5) is 4.39 Å². The Morgan fingerprint density at radius 3 is 2.95 bits per heavy atom. The van der Waals surface area contributed by atoms with Crippen LogP contribution in [0.5, 0.6) is 0 Å². The molecule has 0 aromatic heterocycles. The molecular formula is C13H17ClFIN2O. The minimum atomic E-state index is -0.314. The summed E-state index contributed by atoms with van der Waals surface area (Å²) in [5.41, 5.74) is 0.538. The number of carbonyl (C=O) groups is 1. The number of hydrogen-bond acceptors (Lipinski definition) is 2. The summed E-state index contributed by atoms with van der Waals surface area (Å²) in [6.07, 6.45) is 3.35. The van der Waals surface area contributed by atoms with E-state index < -0.39 is 0 Å². The molecule has 1 fully saturated rings. The zero-order chi connectivity index (χ0) is 13.0. The van der Waals surface area contributed by atoms with Crippen LogP contribution in [0, 0.1) is 9.39 Å². The van der Waals surface area contributed by atoms with Gasteiger partial charge in [0.2, 0.25) is 0 Å². The topological polar surface area (TPSA) is 41.1 Å². The van der Waals surface area contributed by atoms with Crippen LogP contribution in [0.2, 0.25) is 0 Å². The predicted octanol–water partition coefficient (Wildman–Crippen LogP) is 2.72. The number of nitrogens with one attached hydrogen (secondary N) is 2. The van der Waals surface area contributed by atoms with Crippen LogP contribution >= 0.6 is 35.0 Å². The number of halogens is 3. The molecule has 1 aromatic rings. The highest BCUT2D eigenvalue weighted by atomic mass is 127. The van der Waals surface area contributed by atoms with E-state index in [1.54, 1.807) is 0 Å². The molecule has 1 aliphatic rings. The summed E-state index contributed by atoms with van der Waals surface area (Å²) < 4.78 is 13.6. The predicted molar refractivity (Wildman–Crippen MR) is 84.3 cm³/mol. The highest BCUT2D eigenvalue weighted by Gasteiger charge is 2.15. The summed E-state index contributed by atoms with van der Waals surface area (Å²) in [6, 6.07) is 4.74. The molecule has 1 heterocycles. The zero-order valence-electron chi connectivity index (χ0n) is 10.4. The average Bonchev–Trinajstić information content (AvgIpc) is 2.81. The third-order valence-electron chi connectivity index (χ3n) is 3.12. The highest BCUT2D eigenvalue weighted by Crippen LogP contribution is 2.14. The molecule has 6 heteroatoms. The largest absolute Gasteiger partial charge is 0.352 e. The van der Waals surface area contributed by atoms with Crippen molar-refractivity contribution in [3.63, 3.8) is 0 Å².